The topological polar surface area (TPSA) is 65.9 Å². The van der Waals surface area contributed by atoms with E-state index in [1.807, 2.05) is 26.0 Å². The van der Waals surface area contributed by atoms with E-state index in [1.165, 1.54) is 11.1 Å². The molecule has 3 aliphatic rings. The Balaban J connectivity index is 1.46. The van der Waals surface area contributed by atoms with E-state index in [9.17, 15) is 4.39 Å². The van der Waals surface area contributed by atoms with E-state index in [0.29, 0.717) is 12.4 Å². The van der Waals surface area contributed by atoms with Crippen LogP contribution in [-0.4, -0.2) is 60.5 Å². The number of aliphatic imine (C=N–C) groups is 1. The predicted octanol–water partition coefficient (Wildman–Crippen LogP) is 3.89. The lowest BCUT2D eigenvalue weighted by Crippen LogP contribution is -2.44. The van der Waals surface area contributed by atoms with Crippen molar-refractivity contribution in [1.82, 2.24) is 14.9 Å². The maximum absolute atomic E-state index is 14.8. The van der Waals surface area contributed by atoms with Gasteiger partial charge in [-0.15, -0.1) is 0 Å². The molecule has 0 atom stereocenters. The highest BCUT2D eigenvalue weighted by Crippen LogP contribution is 2.33. The Hall–Kier alpha value is -3.26. The number of nitrogens with zero attached hydrogens (tertiary/aromatic N) is 5. The van der Waals surface area contributed by atoms with Gasteiger partial charge in [-0.1, -0.05) is 11.6 Å². The summed E-state index contributed by atoms with van der Waals surface area (Å²) in [4.78, 5) is 18.1. The number of hydrogen-bond donors (Lipinski definition) is 1. The molecule has 2 aliphatic heterocycles. The largest absolute Gasteiger partial charge is 0.421 e. The monoisotopic (exact) mass is 434 g/mol. The summed E-state index contributed by atoms with van der Waals surface area (Å²) in [6.07, 6.45) is 4.82. The number of fused-ring (bicyclic) bond motifs is 1. The van der Waals surface area contributed by atoms with Crippen LogP contribution in [0.2, 0.25) is 0 Å². The number of ether oxygens (including phenoxy) is 1. The van der Waals surface area contributed by atoms with Gasteiger partial charge in [-0.3, -0.25) is 4.99 Å². The lowest BCUT2D eigenvalue weighted by Gasteiger charge is -2.33. The third-order valence-electron chi connectivity index (χ3n) is 5.92. The second-order valence-electron chi connectivity index (χ2n) is 8.75. The average molecular weight is 435 g/mol. The van der Waals surface area contributed by atoms with Gasteiger partial charge in [0.05, 0.1) is 6.54 Å². The molecule has 0 bridgehead atoms. The highest BCUT2D eigenvalue weighted by molar-refractivity contribution is 6.05. The standard InChI is InChI=1S/C24H27FN6O/c1-15-8-17-11-19(25)20(12-18(17)9-15)32-24-28-22(27-21-10-16(2)14-26-21)13-23(29-24)31-6-4-30(3)5-7-31/h9-13H,4-8,14H2,1-3H3,(H,26,27,28,29). The molecular formula is C24H27FN6O. The van der Waals surface area contributed by atoms with E-state index in [2.05, 4.69) is 43.2 Å². The Bertz CT molecular complexity index is 1150. The van der Waals surface area contributed by atoms with E-state index in [4.69, 9.17) is 4.74 Å². The summed E-state index contributed by atoms with van der Waals surface area (Å²) >= 11 is 0. The molecule has 3 heterocycles. The van der Waals surface area contributed by atoms with Crippen molar-refractivity contribution in [2.45, 2.75) is 20.3 Å². The zero-order chi connectivity index (χ0) is 22.2. The van der Waals surface area contributed by atoms with Gasteiger partial charge in [0, 0.05) is 32.2 Å². The van der Waals surface area contributed by atoms with Crippen LogP contribution in [0.3, 0.4) is 0 Å². The molecule has 0 radical (unpaired) electrons. The van der Waals surface area contributed by atoms with Crippen molar-refractivity contribution in [2.24, 2.45) is 4.99 Å². The Kier molecular flexibility index (Phi) is 5.38. The van der Waals surface area contributed by atoms with Gasteiger partial charge < -0.3 is 19.9 Å². The third kappa shape index (κ3) is 4.36. The zero-order valence-electron chi connectivity index (χ0n) is 18.7. The van der Waals surface area contributed by atoms with E-state index in [0.717, 1.165) is 55.4 Å². The Labute approximate surface area is 187 Å². The first-order valence-electron chi connectivity index (χ1n) is 10.9. The summed E-state index contributed by atoms with van der Waals surface area (Å²) in [6.45, 7) is 8.35. The minimum atomic E-state index is -0.409. The van der Waals surface area contributed by atoms with Crippen LogP contribution >= 0.6 is 0 Å². The fourth-order valence-electron chi connectivity index (χ4n) is 4.15. The molecule has 7 nitrogen and oxygen atoms in total. The summed E-state index contributed by atoms with van der Waals surface area (Å²) in [6, 6.07) is 5.28. The van der Waals surface area contributed by atoms with Gasteiger partial charge >= 0.3 is 6.01 Å². The summed E-state index contributed by atoms with van der Waals surface area (Å²) in [5, 5.41) is 3.25. The van der Waals surface area contributed by atoms with Crippen LogP contribution in [0.4, 0.5) is 16.0 Å². The van der Waals surface area contributed by atoms with Crippen LogP contribution in [0.25, 0.3) is 6.08 Å². The van der Waals surface area contributed by atoms with Gasteiger partial charge in [0.25, 0.3) is 0 Å². The molecule has 0 saturated carbocycles. The van der Waals surface area contributed by atoms with Gasteiger partial charge in [0.2, 0.25) is 0 Å². The number of piperazine rings is 1. The summed E-state index contributed by atoms with van der Waals surface area (Å²) in [5.74, 6) is 1.80. The average Bonchev–Trinajstić information content (AvgIpc) is 3.32. The highest BCUT2D eigenvalue weighted by atomic mass is 19.1. The molecule has 2 aromatic rings. The normalized spacial score (nSPS) is 18.2. The summed E-state index contributed by atoms with van der Waals surface area (Å²) in [5.41, 5.74) is 4.34. The molecule has 1 saturated heterocycles. The summed E-state index contributed by atoms with van der Waals surface area (Å²) < 4.78 is 20.7. The van der Waals surface area contributed by atoms with Crippen LogP contribution in [0.5, 0.6) is 11.8 Å². The smallest absolute Gasteiger partial charge is 0.326 e. The lowest BCUT2D eigenvalue weighted by atomic mass is 10.1. The van der Waals surface area contributed by atoms with Crippen molar-refractivity contribution >= 4 is 23.5 Å². The molecule has 5 rings (SSSR count). The molecule has 166 valence electrons. The number of aromatic nitrogens is 2. The fourth-order valence-corrected chi connectivity index (χ4v) is 4.15. The fraction of sp³-hybridized carbons (Fsp3) is 0.375. The number of allylic oxidation sites excluding steroid dienone is 1. The highest BCUT2D eigenvalue weighted by Gasteiger charge is 2.20. The Morgan fingerprint density at radius 3 is 2.56 bits per heavy atom. The van der Waals surface area contributed by atoms with Crippen molar-refractivity contribution in [3.05, 3.63) is 52.4 Å². The number of benzene rings is 1. The predicted molar refractivity (Wildman–Crippen MR) is 125 cm³/mol. The van der Waals surface area contributed by atoms with Crippen molar-refractivity contribution in [3.63, 3.8) is 0 Å². The molecule has 0 amide bonds. The van der Waals surface area contributed by atoms with Crippen LogP contribution in [0.1, 0.15) is 25.0 Å². The number of nitrogens with one attached hydrogen (secondary N) is 1. The molecule has 0 spiro atoms. The maximum atomic E-state index is 14.8. The number of likely N-dealkylation sites (N-methyl/N-ethyl adjacent to an activating group) is 1. The molecule has 1 N–H and O–H groups in total. The van der Waals surface area contributed by atoms with Crippen LogP contribution in [0, 0.1) is 5.82 Å². The SMILES string of the molecule is CC1=CC(Nc2cc(N3CCN(C)CC3)nc(Oc3cc4c(cc3F)CC(C)=C4)n2)=NC1. The van der Waals surface area contributed by atoms with Crippen LogP contribution in [-0.2, 0) is 6.42 Å². The quantitative estimate of drug-likeness (QED) is 0.788. The summed E-state index contributed by atoms with van der Waals surface area (Å²) in [7, 11) is 2.11. The molecule has 32 heavy (non-hydrogen) atoms. The van der Waals surface area contributed by atoms with Crippen molar-refractivity contribution in [2.75, 3.05) is 50.0 Å². The van der Waals surface area contributed by atoms with Gasteiger partial charge in [-0.05, 0) is 62.2 Å². The van der Waals surface area contributed by atoms with Crippen molar-refractivity contribution < 1.29 is 9.13 Å². The van der Waals surface area contributed by atoms with Crippen LogP contribution in [0.15, 0.2) is 40.4 Å². The number of anilines is 2. The first-order valence-corrected chi connectivity index (χ1v) is 10.9. The lowest BCUT2D eigenvalue weighted by molar-refractivity contribution is 0.311. The number of halogens is 1. The zero-order valence-corrected chi connectivity index (χ0v) is 18.7. The van der Waals surface area contributed by atoms with Crippen molar-refractivity contribution in [3.8, 4) is 11.8 Å². The second-order valence-corrected chi connectivity index (χ2v) is 8.75. The third-order valence-corrected chi connectivity index (χ3v) is 5.92. The molecule has 1 aromatic heterocycles. The van der Waals surface area contributed by atoms with Gasteiger partial charge in [-0.25, -0.2) is 4.39 Å². The molecule has 1 aliphatic carbocycles. The molecular weight excluding hydrogens is 407 g/mol. The van der Waals surface area contributed by atoms with E-state index >= 15 is 0 Å². The van der Waals surface area contributed by atoms with Crippen LogP contribution < -0.4 is 15.0 Å². The van der Waals surface area contributed by atoms with E-state index in [-0.39, 0.29) is 11.8 Å². The molecule has 8 heteroatoms. The maximum Gasteiger partial charge on any atom is 0.326 e. The minimum absolute atomic E-state index is 0.112. The molecule has 1 aromatic carbocycles. The Morgan fingerprint density at radius 1 is 1.00 bits per heavy atom. The van der Waals surface area contributed by atoms with Gasteiger partial charge in [0.15, 0.2) is 11.6 Å². The van der Waals surface area contributed by atoms with Gasteiger partial charge in [-0.2, -0.15) is 9.97 Å². The first-order chi connectivity index (χ1) is 15.4. The minimum Gasteiger partial charge on any atom is -0.421 e. The van der Waals surface area contributed by atoms with E-state index < -0.39 is 5.82 Å². The molecule has 1 fully saturated rings. The van der Waals surface area contributed by atoms with Gasteiger partial charge in [0.1, 0.15) is 17.5 Å². The second kappa shape index (κ2) is 8.35. The number of hydrogen-bond acceptors (Lipinski definition) is 7. The first kappa shape index (κ1) is 20.6. The number of amidine groups is 1. The Morgan fingerprint density at radius 2 is 1.81 bits per heavy atom. The molecule has 0 unspecified atom stereocenters. The number of rotatable bonds is 4. The van der Waals surface area contributed by atoms with Crippen molar-refractivity contribution in [1.29, 1.82) is 0 Å². The van der Waals surface area contributed by atoms with E-state index in [1.54, 1.807) is 12.1 Å².